The third-order valence-electron chi connectivity index (χ3n) is 1.88. The molecule has 0 aromatic carbocycles. The van der Waals surface area contributed by atoms with Gasteiger partial charge in [0.2, 0.25) is 0 Å². The lowest BCUT2D eigenvalue weighted by Gasteiger charge is -1.89. The quantitative estimate of drug-likeness (QED) is 0.519. The summed E-state index contributed by atoms with van der Waals surface area (Å²) in [5.74, 6) is 0. The van der Waals surface area contributed by atoms with E-state index in [9.17, 15) is 0 Å². The van der Waals surface area contributed by atoms with Gasteiger partial charge in [-0.3, -0.25) is 0 Å². The van der Waals surface area contributed by atoms with Gasteiger partial charge < -0.3 is 0 Å². The Morgan fingerprint density at radius 3 is 1.69 bits per heavy atom. The largest absolute Gasteiger partial charge is 0.0879 e. The average Bonchev–Trinajstić information content (AvgIpc) is 2.18. The zero-order valence-corrected chi connectivity index (χ0v) is 8.02. The molecule has 1 aliphatic carbocycles. The lowest BCUT2D eigenvalue weighted by Crippen LogP contribution is -1.70. The van der Waals surface area contributed by atoms with Gasteiger partial charge in [-0.15, -0.1) is 0 Å². The summed E-state index contributed by atoms with van der Waals surface area (Å²) in [4.78, 5) is 0. The van der Waals surface area contributed by atoms with Gasteiger partial charge in [0.15, 0.2) is 0 Å². The second-order valence-corrected chi connectivity index (χ2v) is 3.06. The fraction of sp³-hybridized carbons (Fsp3) is 0.308. The molecule has 0 heterocycles. The fourth-order valence-corrected chi connectivity index (χ4v) is 1.15. The highest BCUT2D eigenvalue weighted by Gasteiger charge is 1.81. The lowest BCUT2D eigenvalue weighted by atomic mass is 10.2. The molecular weight excluding hydrogens is 156 g/mol. The molecule has 0 fully saturated rings. The van der Waals surface area contributed by atoms with Crippen LogP contribution in [0.1, 0.15) is 25.7 Å². The van der Waals surface area contributed by atoms with E-state index in [4.69, 9.17) is 0 Å². The molecule has 13 heavy (non-hydrogen) atoms. The van der Waals surface area contributed by atoms with E-state index in [1.165, 1.54) is 0 Å². The second kappa shape index (κ2) is 7.60. The Hall–Kier alpha value is -1.04. The fourth-order valence-electron chi connectivity index (χ4n) is 1.15. The Labute approximate surface area is 81.4 Å². The van der Waals surface area contributed by atoms with Crippen LogP contribution in [0.2, 0.25) is 0 Å². The minimum atomic E-state index is 1.14. The average molecular weight is 173 g/mol. The Balaban J connectivity index is 2.38. The Kier molecular flexibility index (Phi) is 5.87. The number of hydrogen-bond donors (Lipinski definition) is 0. The van der Waals surface area contributed by atoms with E-state index < -0.39 is 0 Å². The molecule has 0 saturated heterocycles. The van der Waals surface area contributed by atoms with Crippen LogP contribution in [-0.2, 0) is 0 Å². The maximum Gasteiger partial charge on any atom is -0.0167 e. The topological polar surface area (TPSA) is 0 Å². The van der Waals surface area contributed by atoms with Crippen molar-refractivity contribution in [2.24, 2.45) is 0 Å². The van der Waals surface area contributed by atoms with Gasteiger partial charge >= 0.3 is 0 Å². The lowest BCUT2D eigenvalue weighted by molar-refractivity contribution is 0.993. The van der Waals surface area contributed by atoms with Crippen molar-refractivity contribution < 1.29 is 0 Å². The summed E-state index contributed by atoms with van der Waals surface area (Å²) in [6, 6.07) is 0. The molecule has 0 aliphatic heterocycles. The van der Waals surface area contributed by atoms with Crippen LogP contribution in [0.15, 0.2) is 48.6 Å². The summed E-state index contributed by atoms with van der Waals surface area (Å²) in [5.41, 5.74) is 0. The molecule has 1 radical (unpaired) electrons. The van der Waals surface area contributed by atoms with Crippen molar-refractivity contribution in [3.63, 3.8) is 0 Å². The molecule has 0 N–H and O–H groups in total. The second-order valence-electron chi connectivity index (χ2n) is 3.06. The molecule has 1 aliphatic rings. The molecule has 0 heteroatoms. The maximum atomic E-state index is 2.23. The molecule has 0 atom stereocenters. The molecule has 0 spiro atoms. The summed E-state index contributed by atoms with van der Waals surface area (Å²) < 4.78 is 0. The molecule has 0 bridgehead atoms. The van der Waals surface area contributed by atoms with Crippen molar-refractivity contribution in [3.8, 4) is 0 Å². The maximum absolute atomic E-state index is 2.23. The van der Waals surface area contributed by atoms with Gasteiger partial charge in [0.05, 0.1) is 0 Å². The van der Waals surface area contributed by atoms with Crippen LogP contribution in [0.3, 0.4) is 0 Å². The molecule has 0 saturated carbocycles. The summed E-state index contributed by atoms with van der Waals surface area (Å²) in [5, 5.41) is 0. The first-order valence-corrected chi connectivity index (χ1v) is 4.97. The van der Waals surface area contributed by atoms with Gasteiger partial charge in [0.25, 0.3) is 0 Å². The van der Waals surface area contributed by atoms with E-state index in [1.807, 2.05) is 0 Å². The van der Waals surface area contributed by atoms with E-state index >= 15 is 0 Å². The van der Waals surface area contributed by atoms with Crippen molar-refractivity contribution in [2.75, 3.05) is 0 Å². The van der Waals surface area contributed by atoms with Gasteiger partial charge in [-0.1, -0.05) is 48.6 Å². The van der Waals surface area contributed by atoms with E-state index in [0.29, 0.717) is 0 Å². The van der Waals surface area contributed by atoms with Gasteiger partial charge in [-0.25, -0.2) is 0 Å². The molecule has 0 nitrogen and oxygen atoms in total. The van der Waals surface area contributed by atoms with Crippen molar-refractivity contribution in [3.05, 3.63) is 55.0 Å². The summed E-state index contributed by atoms with van der Waals surface area (Å²) in [7, 11) is 0. The predicted molar refractivity (Wildman–Crippen MR) is 59.3 cm³/mol. The number of rotatable bonds is 0. The standard InChI is InChI=1S/C13H17/c1-2-4-6-8-10-12-13-11-9-7-5-3-1/h1-6,11-13H,7-10H2. The van der Waals surface area contributed by atoms with Crippen LogP contribution >= 0.6 is 0 Å². The molecule has 0 aromatic heterocycles. The van der Waals surface area contributed by atoms with Gasteiger partial charge in [-0.2, -0.15) is 0 Å². The first-order valence-electron chi connectivity index (χ1n) is 4.97. The summed E-state index contributed by atoms with van der Waals surface area (Å²) in [6.45, 7) is 0. The number of allylic oxidation sites excluding steroid dienone is 8. The molecule has 0 amide bonds. The molecular formula is C13H17. The molecule has 1 rings (SSSR count). The Morgan fingerprint density at radius 2 is 1.00 bits per heavy atom. The monoisotopic (exact) mass is 173 g/mol. The van der Waals surface area contributed by atoms with Crippen LogP contribution in [0.5, 0.6) is 0 Å². The molecule has 0 unspecified atom stereocenters. The third kappa shape index (κ3) is 6.15. The van der Waals surface area contributed by atoms with Crippen LogP contribution < -0.4 is 0 Å². The first kappa shape index (κ1) is 10.0. The minimum Gasteiger partial charge on any atom is -0.0879 e. The van der Waals surface area contributed by atoms with Crippen molar-refractivity contribution in [1.29, 1.82) is 0 Å². The minimum absolute atomic E-state index is 1.14. The normalized spacial score (nSPS) is 19.1. The van der Waals surface area contributed by atoms with Gasteiger partial charge in [0, 0.05) is 0 Å². The first-order chi connectivity index (χ1) is 6.50. The van der Waals surface area contributed by atoms with E-state index in [-0.39, 0.29) is 0 Å². The Morgan fingerprint density at radius 1 is 0.462 bits per heavy atom. The van der Waals surface area contributed by atoms with Crippen LogP contribution in [0.4, 0.5) is 0 Å². The van der Waals surface area contributed by atoms with Crippen molar-refractivity contribution in [1.82, 2.24) is 0 Å². The van der Waals surface area contributed by atoms with Crippen molar-refractivity contribution >= 4 is 0 Å². The van der Waals surface area contributed by atoms with Crippen LogP contribution in [0.25, 0.3) is 0 Å². The Bertz CT molecular complexity index is 216. The van der Waals surface area contributed by atoms with E-state index in [2.05, 4.69) is 55.0 Å². The molecule has 69 valence electrons. The van der Waals surface area contributed by atoms with E-state index in [0.717, 1.165) is 25.7 Å². The zero-order valence-electron chi connectivity index (χ0n) is 8.02. The summed E-state index contributed by atoms with van der Waals surface area (Å²) in [6.07, 6.45) is 24.0. The number of hydrogen-bond acceptors (Lipinski definition) is 0. The highest BCUT2D eigenvalue weighted by molar-refractivity contribution is 5.12. The highest BCUT2D eigenvalue weighted by atomic mass is 13.9. The van der Waals surface area contributed by atoms with Crippen molar-refractivity contribution in [2.45, 2.75) is 25.7 Å². The zero-order chi connectivity index (χ0) is 9.19. The molecule has 0 aromatic rings. The van der Waals surface area contributed by atoms with Gasteiger partial charge in [0.1, 0.15) is 0 Å². The summed E-state index contributed by atoms with van der Waals surface area (Å²) >= 11 is 0. The predicted octanol–water partition coefficient (Wildman–Crippen LogP) is 3.99. The van der Waals surface area contributed by atoms with Crippen LogP contribution in [0, 0.1) is 6.42 Å². The SMILES string of the molecule is [CH]1C=CCCC=CC=CC=CCC1. The smallest absolute Gasteiger partial charge is 0.0167 e. The van der Waals surface area contributed by atoms with Crippen LogP contribution in [-0.4, -0.2) is 0 Å². The third-order valence-corrected chi connectivity index (χ3v) is 1.88. The van der Waals surface area contributed by atoms with Gasteiger partial charge in [-0.05, 0) is 32.1 Å². The van der Waals surface area contributed by atoms with E-state index in [1.54, 1.807) is 0 Å². The highest BCUT2D eigenvalue weighted by Crippen LogP contribution is 2.00.